The molecule has 0 aliphatic heterocycles. The van der Waals surface area contributed by atoms with Crippen molar-refractivity contribution in [3.05, 3.63) is 58.4 Å². The van der Waals surface area contributed by atoms with Crippen molar-refractivity contribution in [2.24, 2.45) is 5.73 Å². The van der Waals surface area contributed by atoms with E-state index in [1.54, 1.807) is 13.0 Å². The minimum absolute atomic E-state index is 0.0948. The van der Waals surface area contributed by atoms with Gasteiger partial charge in [-0.1, -0.05) is 35.9 Å². The zero-order chi connectivity index (χ0) is 13.3. The number of hydrogen-bond donors (Lipinski definition) is 1. The molecule has 0 saturated carbocycles. The third-order valence-electron chi connectivity index (χ3n) is 2.99. The van der Waals surface area contributed by atoms with Crippen molar-refractivity contribution in [3.63, 3.8) is 0 Å². The van der Waals surface area contributed by atoms with Crippen LogP contribution in [0.5, 0.6) is 0 Å². The van der Waals surface area contributed by atoms with Gasteiger partial charge in [0.25, 0.3) is 0 Å². The fourth-order valence-corrected chi connectivity index (χ4v) is 2.26. The molecule has 1 nitrogen and oxygen atoms in total. The van der Waals surface area contributed by atoms with E-state index in [9.17, 15) is 4.39 Å². The Morgan fingerprint density at radius 1 is 1.17 bits per heavy atom. The number of hydrogen-bond acceptors (Lipinski definition) is 1. The Balaban J connectivity index is 2.66. The summed E-state index contributed by atoms with van der Waals surface area (Å²) < 4.78 is 13.4. The highest BCUT2D eigenvalue weighted by molar-refractivity contribution is 6.33. The summed E-state index contributed by atoms with van der Waals surface area (Å²) >= 11 is 6.13. The van der Waals surface area contributed by atoms with Crippen LogP contribution in [-0.4, -0.2) is 0 Å². The highest BCUT2D eigenvalue weighted by Gasteiger charge is 2.13. The van der Waals surface area contributed by atoms with Crippen LogP contribution in [-0.2, 0) is 0 Å². The summed E-state index contributed by atoms with van der Waals surface area (Å²) in [6.45, 7) is 3.65. The fraction of sp³-hybridized carbons (Fsp3) is 0.200. The molecule has 1 unspecified atom stereocenters. The zero-order valence-electron chi connectivity index (χ0n) is 10.4. The normalized spacial score (nSPS) is 12.5. The second-order valence-corrected chi connectivity index (χ2v) is 4.86. The minimum atomic E-state index is -0.290. The molecule has 2 aromatic carbocycles. The molecule has 0 saturated heterocycles. The first-order chi connectivity index (χ1) is 8.50. The Labute approximate surface area is 111 Å². The van der Waals surface area contributed by atoms with Crippen LogP contribution in [0.4, 0.5) is 4.39 Å². The van der Waals surface area contributed by atoms with Gasteiger partial charge in [0.15, 0.2) is 0 Å². The maximum Gasteiger partial charge on any atom is 0.127 e. The molecule has 2 aromatic rings. The minimum Gasteiger partial charge on any atom is -0.324 e. The molecule has 94 valence electrons. The summed E-state index contributed by atoms with van der Waals surface area (Å²) in [6.07, 6.45) is 0. The maximum absolute atomic E-state index is 13.4. The predicted molar refractivity (Wildman–Crippen MR) is 74.2 cm³/mol. The largest absolute Gasteiger partial charge is 0.324 e. The summed E-state index contributed by atoms with van der Waals surface area (Å²) in [7, 11) is 0. The molecule has 2 rings (SSSR count). The monoisotopic (exact) mass is 263 g/mol. The number of aryl methyl sites for hydroxylation is 1. The van der Waals surface area contributed by atoms with Crippen LogP contribution in [0.1, 0.15) is 24.1 Å². The Morgan fingerprint density at radius 3 is 2.50 bits per heavy atom. The van der Waals surface area contributed by atoms with E-state index in [2.05, 4.69) is 0 Å². The smallest absolute Gasteiger partial charge is 0.127 e. The molecular formula is C15H15ClFN. The zero-order valence-corrected chi connectivity index (χ0v) is 11.1. The fourth-order valence-electron chi connectivity index (χ4n) is 2.00. The predicted octanol–water partition coefficient (Wildman–Crippen LogP) is 4.47. The number of nitrogens with two attached hydrogens (primary N) is 1. The van der Waals surface area contributed by atoms with E-state index in [0.717, 1.165) is 16.7 Å². The molecule has 18 heavy (non-hydrogen) atoms. The second kappa shape index (κ2) is 5.09. The molecule has 0 radical (unpaired) electrons. The van der Waals surface area contributed by atoms with Crippen LogP contribution in [0.15, 0.2) is 36.4 Å². The molecule has 0 amide bonds. The first-order valence-electron chi connectivity index (χ1n) is 5.81. The van der Waals surface area contributed by atoms with Gasteiger partial charge in [-0.3, -0.25) is 0 Å². The number of halogens is 2. The Kier molecular flexibility index (Phi) is 3.69. The molecule has 1 atom stereocenters. The van der Waals surface area contributed by atoms with Gasteiger partial charge in [-0.2, -0.15) is 0 Å². The van der Waals surface area contributed by atoms with Crippen LogP contribution >= 0.6 is 11.6 Å². The Hall–Kier alpha value is -1.38. The van der Waals surface area contributed by atoms with E-state index >= 15 is 0 Å². The summed E-state index contributed by atoms with van der Waals surface area (Å²) in [5.74, 6) is -0.290. The lowest BCUT2D eigenvalue weighted by Gasteiger charge is -2.14. The van der Waals surface area contributed by atoms with Crippen LogP contribution < -0.4 is 5.73 Å². The average Bonchev–Trinajstić information content (AvgIpc) is 2.34. The van der Waals surface area contributed by atoms with E-state index in [4.69, 9.17) is 17.3 Å². The molecule has 0 aliphatic carbocycles. The van der Waals surface area contributed by atoms with E-state index in [1.165, 1.54) is 6.07 Å². The third-order valence-corrected chi connectivity index (χ3v) is 3.30. The van der Waals surface area contributed by atoms with Crippen molar-refractivity contribution in [3.8, 4) is 11.1 Å². The lowest BCUT2D eigenvalue weighted by atomic mass is 9.95. The number of rotatable bonds is 2. The Bertz CT molecular complexity index is 579. The lowest BCUT2D eigenvalue weighted by molar-refractivity contribution is 0.619. The molecule has 0 heterocycles. The molecular weight excluding hydrogens is 249 g/mol. The SMILES string of the molecule is Cc1cc(-c2ccccc2C(C)N)c(Cl)cc1F. The van der Waals surface area contributed by atoms with E-state index in [0.29, 0.717) is 10.6 Å². The Morgan fingerprint density at radius 2 is 1.83 bits per heavy atom. The molecule has 0 bridgehead atoms. The van der Waals surface area contributed by atoms with Crippen molar-refractivity contribution >= 4 is 11.6 Å². The van der Waals surface area contributed by atoms with Gasteiger partial charge in [0.05, 0.1) is 5.02 Å². The lowest BCUT2D eigenvalue weighted by Crippen LogP contribution is -2.06. The van der Waals surface area contributed by atoms with Crippen molar-refractivity contribution in [2.75, 3.05) is 0 Å². The second-order valence-electron chi connectivity index (χ2n) is 4.46. The van der Waals surface area contributed by atoms with Crippen molar-refractivity contribution < 1.29 is 4.39 Å². The molecule has 0 spiro atoms. The van der Waals surface area contributed by atoms with Gasteiger partial charge in [-0.25, -0.2) is 4.39 Å². The molecule has 3 heteroatoms. The first kappa shape index (κ1) is 13.1. The first-order valence-corrected chi connectivity index (χ1v) is 6.19. The summed E-state index contributed by atoms with van der Waals surface area (Å²) in [5.41, 5.74) is 9.32. The highest BCUT2D eigenvalue weighted by Crippen LogP contribution is 2.34. The van der Waals surface area contributed by atoms with Gasteiger partial charge in [0.1, 0.15) is 5.82 Å². The third kappa shape index (κ3) is 2.40. The molecule has 0 fully saturated rings. The van der Waals surface area contributed by atoms with Crippen molar-refractivity contribution in [1.29, 1.82) is 0 Å². The standard InChI is InChI=1S/C15H15ClFN/c1-9-7-13(14(16)8-15(9)17)12-6-4-3-5-11(12)10(2)18/h3-8,10H,18H2,1-2H3. The topological polar surface area (TPSA) is 26.0 Å². The van der Waals surface area contributed by atoms with Crippen LogP contribution in [0.3, 0.4) is 0 Å². The average molecular weight is 264 g/mol. The van der Waals surface area contributed by atoms with Crippen molar-refractivity contribution in [1.82, 2.24) is 0 Å². The van der Waals surface area contributed by atoms with Gasteiger partial charge in [0, 0.05) is 11.6 Å². The van der Waals surface area contributed by atoms with E-state index in [-0.39, 0.29) is 11.9 Å². The summed E-state index contributed by atoms with van der Waals surface area (Å²) in [6, 6.07) is 10.8. The van der Waals surface area contributed by atoms with Crippen LogP contribution in [0, 0.1) is 12.7 Å². The van der Waals surface area contributed by atoms with Crippen molar-refractivity contribution in [2.45, 2.75) is 19.9 Å². The van der Waals surface area contributed by atoms with Gasteiger partial charge in [-0.05, 0) is 42.7 Å². The number of benzene rings is 2. The molecule has 0 aromatic heterocycles. The van der Waals surface area contributed by atoms with Gasteiger partial charge in [0.2, 0.25) is 0 Å². The quantitative estimate of drug-likeness (QED) is 0.850. The van der Waals surface area contributed by atoms with Crippen LogP contribution in [0.25, 0.3) is 11.1 Å². The van der Waals surface area contributed by atoms with Gasteiger partial charge < -0.3 is 5.73 Å². The molecule has 0 aliphatic rings. The maximum atomic E-state index is 13.4. The van der Waals surface area contributed by atoms with Crippen LogP contribution in [0.2, 0.25) is 5.02 Å². The summed E-state index contributed by atoms with van der Waals surface area (Å²) in [4.78, 5) is 0. The summed E-state index contributed by atoms with van der Waals surface area (Å²) in [5, 5.41) is 0.409. The highest BCUT2D eigenvalue weighted by atomic mass is 35.5. The van der Waals surface area contributed by atoms with Gasteiger partial charge >= 0.3 is 0 Å². The van der Waals surface area contributed by atoms with E-state index in [1.807, 2.05) is 31.2 Å². The van der Waals surface area contributed by atoms with Gasteiger partial charge in [-0.15, -0.1) is 0 Å². The molecule has 2 N–H and O–H groups in total. The van der Waals surface area contributed by atoms with E-state index < -0.39 is 0 Å².